The lowest BCUT2D eigenvalue weighted by molar-refractivity contribution is 1.26. The Kier molecular flexibility index (Phi) is 2.19. The molecule has 12 heavy (non-hydrogen) atoms. The number of aromatic nitrogens is 2. The van der Waals surface area contributed by atoms with Crippen LogP contribution in [0.1, 0.15) is 0 Å². The van der Waals surface area contributed by atoms with Crippen LogP contribution in [0, 0.1) is 0 Å². The molecular weight excluding hydrogens is 236 g/mol. The first-order valence-electron chi connectivity index (χ1n) is 3.36. The Morgan fingerprint density at radius 3 is 2.75 bits per heavy atom. The molecule has 2 aromatic heterocycles. The van der Waals surface area contributed by atoms with Crippen molar-refractivity contribution in [3.05, 3.63) is 33.8 Å². The molecule has 0 spiro atoms. The van der Waals surface area contributed by atoms with Crippen molar-refractivity contribution in [1.82, 2.24) is 9.97 Å². The molecule has 60 valence electrons. The van der Waals surface area contributed by atoms with Crippen LogP contribution in [0.2, 0.25) is 0 Å². The molecule has 0 bridgehead atoms. The van der Waals surface area contributed by atoms with Gasteiger partial charge in [0.25, 0.3) is 0 Å². The van der Waals surface area contributed by atoms with Gasteiger partial charge < -0.3 is 0 Å². The summed E-state index contributed by atoms with van der Waals surface area (Å²) in [5, 5.41) is 2.00. The molecule has 0 amide bonds. The van der Waals surface area contributed by atoms with Crippen LogP contribution in [0.15, 0.2) is 33.8 Å². The van der Waals surface area contributed by atoms with Crippen LogP contribution in [0.25, 0.3) is 11.3 Å². The summed E-state index contributed by atoms with van der Waals surface area (Å²) < 4.78 is 0.849. The van der Waals surface area contributed by atoms with E-state index >= 15 is 0 Å². The molecule has 0 aliphatic carbocycles. The highest BCUT2D eigenvalue weighted by Gasteiger charge is 1.98. The zero-order valence-corrected chi connectivity index (χ0v) is 8.47. The molecule has 2 nitrogen and oxygen atoms in total. The second-order valence-electron chi connectivity index (χ2n) is 2.24. The van der Waals surface area contributed by atoms with Gasteiger partial charge in [-0.15, -0.1) is 11.3 Å². The van der Waals surface area contributed by atoms with Crippen molar-refractivity contribution in [3.8, 4) is 11.3 Å². The first kappa shape index (κ1) is 7.89. The largest absolute Gasteiger partial charge is 0.249 e. The summed E-state index contributed by atoms with van der Waals surface area (Å²) in [5.41, 5.74) is 3.86. The normalized spacial score (nSPS) is 10.1. The number of hydrogen-bond donors (Lipinski definition) is 0. The molecule has 2 heterocycles. The summed E-state index contributed by atoms with van der Waals surface area (Å²) in [6, 6.07) is 3.90. The van der Waals surface area contributed by atoms with Gasteiger partial charge in [-0.3, -0.25) is 0 Å². The van der Waals surface area contributed by atoms with Gasteiger partial charge in [0.1, 0.15) is 4.60 Å². The molecule has 0 saturated heterocycles. The van der Waals surface area contributed by atoms with Gasteiger partial charge in [0, 0.05) is 17.1 Å². The Morgan fingerprint density at radius 1 is 1.25 bits per heavy atom. The fourth-order valence-electron chi connectivity index (χ4n) is 0.882. The lowest BCUT2D eigenvalue weighted by Gasteiger charge is -1.94. The van der Waals surface area contributed by atoms with Crippen LogP contribution in [-0.2, 0) is 0 Å². The smallest absolute Gasteiger partial charge is 0.106 e. The number of halogens is 1. The molecule has 0 N–H and O–H groups in total. The summed E-state index contributed by atoms with van der Waals surface area (Å²) in [6.07, 6.45) is 1.80. The minimum absolute atomic E-state index is 0.849. The number of hydrogen-bond acceptors (Lipinski definition) is 3. The highest BCUT2D eigenvalue weighted by molar-refractivity contribution is 9.10. The number of thiazole rings is 1. The molecule has 0 unspecified atom stereocenters. The van der Waals surface area contributed by atoms with Gasteiger partial charge in [-0.05, 0) is 28.1 Å². The lowest BCUT2D eigenvalue weighted by Crippen LogP contribution is -1.79. The maximum Gasteiger partial charge on any atom is 0.106 e. The van der Waals surface area contributed by atoms with E-state index in [9.17, 15) is 0 Å². The Morgan fingerprint density at radius 2 is 2.17 bits per heavy atom. The number of rotatable bonds is 1. The molecule has 0 fully saturated rings. The topological polar surface area (TPSA) is 25.8 Å². The van der Waals surface area contributed by atoms with Crippen LogP contribution in [0.5, 0.6) is 0 Å². The number of nitrogens with zero attached hydrogens (tertiary/aromatic N) is 2. The van der Waals surface area contributed by atoms with E-state index in [0.29, 0.717) is 0 Å². The summed E-state index contributed by atoms with van der Waals surface area (Å²) in [5.74, 6) is 0. The van der Waals surface area contributed by atoms with E-state index in [4.69, 9.17) is 0 Å². The highest BCUT2D eigenvalue weighted by atomic mass is 79.9. The van der Waals surface area contributed by atoms with Gasteiger partial charge in [-0.2, -0.15) is 0 Å². The Balaban J connectivity index is 2.43. The van der Waals surface area contributed by atoms with Crippen molar-refractivity contribution < 1.29 is 0 Å². The average molecular weight is 241 g/mol. The fourth-order valence-corrected chi connectivity index (χ4v) is 1.68. The maximum atomic E-state index is 4.18. The first-order valence-corrected chi connectivity index (χ1v) is 5.10. The van der Waals surface area contributed by atoms with Crippen molar-refractivity contribution in [2.24, 2.45) is 0 Å². The van der Waals surface area contributed by atoms with Crippen molar-refractivity contribution in [1.29, 1.82) is 0 Å². The summed E-state index contributed by atoms with van der Waals surface area (Å²) in [4.78, 5) is 8.30. The molecule has 4 heteroatoms. The van der Waals surface area contributed by atoms with E-state index in [0.717, 1.165) is 15.9 Å². The maximum absolute atomic E-state index is 4.18. The predicted octanol–water partition coefficient (Wildman–Crippen LogP) is 2.97. The predicted molar refractivity (Wildman–Crippen MR) is 53.0 cm³/mol. The third-order valence-corrected chi connectivity index (χ3v) is 2.51. The van der Waals surface area contributed by atoms with Crippen LogP contribution >= 0.6 is 27.3 Å². The Bertz CT molecular complexity index is 355. The van der Waals surface area contributed by atoms with Crippen molar-refractivity contribution in [2.75, 3.05) is 0 Å². The molecule has 0 atom stereocenters. The third-order valence-electron chi connectivity index (χ3n) is 1.46. The first-order chi connectivity index (χ1) is 5.86. The molecule has 2 rings (SSSR count). The molecule has 0 radical (unpaired) electrons. The van der Waals surface area contributed by atoms with Gasteiger partial charge >= 0.3 is 0 Å². The van der Waals surface area contributed by atoms with E-state index in [2.05, 4.69) is 25.9 Å². The molecule has 0 aliphatic heterocycles. The average Bonchev–Trinajstić information content (AvgIpc) is 2.58. The molecule has 0 aliphatic rings. The van der Waals surface area contributed by atoms with Crippen LogP contribution in [-0.4, -0.2) is 9.97 Å². The Hall–Kier alpha value is -0.740. The minimum Gasteiger partial charge on any atom is -0.249 e. The van der Waals surface area contributed by atoms with E-state index in [1.807, 2.05) is 23.0 Å². The lowest BCUT2D eigenvalue weighted by atomic mass is 10.2. The second-order valence-corrected chi connectivity index (χ2v) is 3.77. The third kappa shape index (κ3) is 1.54. The van der Waals surface area contributed by atoms with Crippen molar-refractivity contribution in [3.63, 3.8) is 0 Å². The van der Waals surface area contributed by atoms with Gasteiger partial charge in [-0.25, -0.2) is 9.97 Å². The van der Waals surface area contributed by atoms with Gasteiger partial charge in [0.15, 0.2) is 0 Å². The van der Waals surface area contributed by atoms with Gasteiger partial charge in [0.05, 0.1) is 11.2 Å². The monoisotopic (exact) mass is 240 g/mol. The zero-order chi connectivity index (χ0) is 8.39. The number of pyridine rings is 1. The quantitative estimate of drug-likeness (QED) is 0.717. The SMILES string of the molecule is Brc1ccc(-c2cscn2)cn1. The van der Waals surface area contributed by atoms with Gasteiger partial charge in [0.2, 0.25) is 0 Å². The van der Waals surface area contributed by atoms with Gasteiger partial charge in [-0.1, -0.05) is 0 Å². The highest BCUT2D eigenvalue weighted by Crippen LogP contribution is 2.18. The fraction of sp³-hybridized carbons (Fsp3) is 0. The molecule has 0 saturated carbocycles. The van der Waals surface area contributed by atoms with Crippen LogP contribution in [0.3, 0.4) is 0 Å². The minimum atomic E-state index is 0.849. The Labute approximate surface area is 82.4 Å². The van der Waals surface area contributed by atoms with E-state index < -0.39 is 0 Å². The van der Waals surface area contributed by atoms with E-state index in [-0.39, 0.29) is 0 Å². The summed E-state index contributed by atoms with van der Waals surface area (Å²) in [7, 11) is 0. The second kappa shape index (κ2) is 3.33. The molecular formula is C8H5BrN2S. The van der Waals surface area contributed by atoms with Crippen molar-refractivity contribution >= 4 is 27.3 Å². The van der Waals surface area contributed by atoms with E-state index in [1.165, 1.54) is 0 Å². The van der Waals surface area contributed by atoms with E-state index in [1.54, 1.807) is 17.5 Å². The van der Waals surface area contributed by atoms with Crippen LogP contribution in [0.4, 0.5) is 0 Å². The summed E-state index contributed by atoms with van der Waals surface area (Å²) in [6.45, 7) is 0. The standard InChI is InChI=1S/C8H5BrN2S/c9-8-2-1-6(3-10-8)7-4-12-5-11-7/h1-5H. The van der Waals surface area contributed by atoms with Crippen LogP contribution < -0.4 is 0 Å². The molecule has 0 aromatic carbocycles. The summed E-state index contributed by atoms with van der Waals surface area (Å²) >= 11 is 4.87. The van der Waals surface area contributed by atoms with Crippen molar-refractivity contribution in [2.45, 2.75) is 0 Å². The molecule has 2 aromatic rings. The zero-order valence-electron chi connectivity index (χ0n) is 6.07.